The van der Waals surface area contributed by atoms with Gasteiger partial charge in [-0.15, -0.1) is 0 Å². The molecule has 0 bridgehead atoms. The van der Waals surface area contributed by atoms with Gasteiger partial charge in [-0.05, 0) is 60.1 Å². The van der Waals surface area contributed by atoms with Gasteiger partial charge >= 0.3 is 11.9 Å². The summed E-state index contributed by atoms with van der Waals surface area (Å²) in [6.45, 7) is 9.72. The zero-order valence-corrected chi connectivity index (χ0v) is 28.5. The quantitative estimate of drug-likeness (QED) is 0.0542. The first kappa shape index (κ1) is 36.5. The maximum absolute atomic E-state index is 13.9. The second-order valence-corrected chi connectivity index (χ2v) is 12.3. The van der Waals surface area contributed by atoms with E-state index in [0.29, 0.717) is 40.5 Å². The van der Waals surface area contributed by atoms with Crippen LogP contribution in [0, 0.1) is 23.2 Å². The number of amides is 1. The molecule has 1 aliphatic rings. The molecule has 11 nitrogen and oxygen atoms in total. The number of nitrogens with two attached hydrogens (primary N) is 1. The second-order valence-electron chi connectivity index (χ2n) is 12.3. The third-order valence-corrected chi connectivity index (χ3v) is 8.81. The predicted molar refractivity (Wildman–Crippen MR) is 187 cm³/mol. The molecule has 1 aromatic heterocycles. The minimum Gasteiger partial charge on any atom is -0.496 e. The fraction of sp³-hybridized carbons (Fsp3) is 0.368. The number of amidine groups is 1. The van der Waals surface area contributed by atoms with E-state index in [1.54, 1.807) is 55.5 Å². The molecule has 1 heterocycles. The highest BCUT2D eigenvalue weighted by molar-refractivity contribution is 6.07. The Morgan fingerprint density at radius 2 is 1.73 bits per heavy atom. The number of pyridine rings is 1. The first-order valence-corrected chi connectivity index (χ1v) is 16.4. The molecule has 0 spiro atoms. The number of methoxy groups -OCH3 is 1. The molecule has 258 valence electrons. The van der Waals surface area contributed by atoms with Crippen LogP contribution < -0.4 is 15.8 Å². The van der Waals surface area contributed by atoms with Crippen molar-refractivity contribution in [3.05, 3.63) is 88.8 Å². The molecule has 1 amide bonds. The van der Waals surface area contributed by atoms with Crippen molar-refractivity contribution >= 4 is 35.5 Å². The van der Waals surface area contributed by atoms with E-state index in [9.17, 15) is 19.2 Å². The number of Topliss-reactive ketones (excluding diaryl/α,β-unsaturated/α-hetero) is 1. The van der Waals surface area contributed by atoms with Gasteiger partial charge in [0.05, 0.1) is 13.0 Å². The Labute approximate surface area is 286 Å². The van der Waals surface area contributed by atoms with E-state index in [4.69, 9.17) is 25.4 Å². The highest BCUT2D eigenvalue weighted by Crippen LogP contribution is 2.35. The molecule has 1 unspecified atom stereocenters. The van der Waals surface area contributed by atoms with Crippen LogP contribution in [0.5, 0.6) is 5.75 Å². The van der Waals surface area contributed by atoms with Crippen molar-refractivity contribution < 1.29 is 33.4 Å². The van der Waals surface area contributed by atoms with Crippen molar-refractivity contribution in [3.8, 4) is 16.9 Å². The number of carbonyl (C=O) groups excluding carboxylic acids is 4. The summed E-state index contributed by atoms with van der Waals surface area (Å²) in [5.74, 6) is -1.37. The van der Waals surface area contributed by atoms with E-state index in [-0.39, 0.29) is 71.6 Å². The highest BCUT2D eigenvalue weighted by atomic mass is 16.6. The molecule has 49 heavy (non-hydrogen) atoms. The Morgan fingerprint density at radius 3 is 2.35 bits per heavy atom. The molecule has 1 aliphatic carbocycles. The minimum absolute atomic E-state index is 0.00337. The van der Waals surface area contributed by atoms with Crippen molar-refractivity contribution in [1.29, 1.82) is 5.41 Å². The molecular formula is C38H44N4O7. The van der Waals surface area contributed by atoms with Gasteiger partial charge in [-0.1, -0.05) is 64.1 Å². The molecule has 4 rings (SSSR count). The van der Waals surface area contributed by atoms with E-state index in [0.717, 1.165) is 19.3 Å². The van der Waals surface area contributed by atoms with E-state index in [1.807, 2.05) is 13.8 Å². The van der Waals surface area contributed by atoms with Gasteiger partial charge in [-0.2, -0.15) is 0 Å². The fourth-order valence-electron chi connectivity index (χ4n) is 5.14. The molecule has 2 aromatic carbocycles. The van der Waals surface area contributed by atoms with Crippen molar-refractivity contribution in [3.63, 3.8) is 0 Å². The number of ether oxygens (including phenoxy) is 3. The zero-order chi connectivity index (χ0) is 35.7. The first-order chi connectivity index (χ1) is 23.5. The van der Waals surface area contributed by atoms with Crippen molar-refractivity contribution in [1.82, 2.24) is 10.3 Å². The third kappa shape index (κ3) is 9.40. The van der Waals surface area contributed by atoms with Gasteiger partial charge in [0.25, 0.3) is 5.91 Å². The van der Waals surface area contributed by atoms with E-state index >= 15 is 0 Å². The topological polar surface area (TPSA) is 171 Å². The van der Waals surface area contributed by atoms with Crippen LogP contribution in [0.15, 0.2) is 55.1 Å². The van der Waals surface area contributed by atoms with Gasteiger partial charge in [0, 0.05) is 35.2 Å². The Hall–Kier alpha value is -5.32. The summed E-state index contributed by atoms with van der Waals surface area (Å²) in [6.07, 6.45) is 4.48. The molecule has 11 heteroatoms. The summed E-state index contributed by atoms with van der Waals surface area (Å²) >= 11 is 0. The molecule has 1 saturated carbocycles. The van der Waals surface area contributed by atoms with Crippen LogP contribution in [0.1, 0.15) is 88.1 Å². The van der Waals surface area contributed by atoms with Gasteiger partial charge in [0.2, 0.25) is 0 Å². The molecule has 1 fully saturated rings. The van der Waals surface area contributed by atoms with Crippen LogP contribution in [-0.2, 0) is 20.7 Å². The summed E-state index contributed by atoms with van der Waals surface area (Å²) in [6, 6.07) is 13.1. The number of nitrogen functional groups attached to an aromatic ring is 1. The third-order valence-electron chi connectivity index (χ3n) is 8.81. The number of aromatic nitrogens is 1. The zero-order valence-electron chi connectivity index (χ0n) is 28.5. The van der Waals surface area contributed by atoms with Crippen molar-refractivity contribution in [2.45, 2.75) is 46.5 Å². The van der Waals surface area contributed by atoms with Gasteiger partial charge in [-0.3, -0.25) is 19.8 Å². The summed E-state index contributed by atoms with van der Waals surface area (Å²) in [5.41, 5.74) is 8.04. The first-order valence-electron chi connectivity index (χ1n) is 16.4. The van der Waals surface area contributed by atoms with Crippen molar-refractivity contribution in [2.24, 2.45) is 23.5 Å². The average molecular weight is 669 g/mol. The van der Waals surface area contributed by atoms with Gasteiger partial charge in [0.15, 0.2) is 11.5 Å². The Bertz CT molecular complexity index is 1730. The number of rotatable bonds is 17. The standard InChI is InChI=1S/C38H44N4O7/c1-6-22(3)23(4)37(45)48-16-17-49-38(46)34-28(14-15-31(42-34)36(44)41-21-25-8-9-25)29-20-33(47-5)26(7-2)19-30(29)32(43)18-24-10-12-27(13-11-24)35(39)40/h7,10-15,19-20,22-23,25H,2,6,8-9,16-18,21H2,1,3-5H3,(H3,39,40)(H,41,44)/t22?,23-/m0/s1. The summed E-state index contributed by atoms with van der Waals surface area (Å²) in [4.78, 5) is 57.4. The molecular weight excluding hydrogens is 624 g/mol. The lowest BCUT2D eigenvalue weighted by atomic mass is 9.90. The molecule has 4 N–H and O–H groups in total. The number of hydrogen-bond acceptors (Lipinski definition) is 9. The van der Waals surface area contributed by atoms with Crippen LogP contribution in [0.4, 0.5) is 0 Å². The monoisotopic (exact) mass is 668 g/mol. The number of nitrogens with one attached hydrogen (secondary N) is 2. The van der Waals surface area contributed by atoms with E-state index < -0.39 is 11.9 Å². The van der Waals surface area contributed by atoms with E-state index in [2.05, 4.69) is 16.9 Å². The second kappa shape index (κ2) is 16.7. The lowest BCUT2D eigenvalue weighted by Crippen LogP contribution is -2.27. The smallest absolute Gasteiger partial charge is 0.357 e. The number of nitrogens with zero attached hydrogens (tertiary/aromatic N) is 1. The van der Waals surface area contributed by atoms with Gasteiger partial charge < -0.3 is 25.3 Å². The minimum atomic E-state index is -0.858. The van der Waals surface area contributed by atoms with Crippen LogP contribution in [0.25, 0.3) is 17.2 Å². The summed E-state index contributed by atoms with van der Waals surface area (Å²) < 4.78 is 16.4. The Morgan fingerprint density at radius 1 is 1.04 bits per heavy atom. The molecule has 0 saturated heterocycles. The van der Waals surface area contributed by atoms with Gasteiger partial charge in [-0.25, -0.2) is 9.78 Å². The summed E-state index contributed by atoms with van der Waals surface area (Å²) in [7, 11) is 1.48. The van der Waals surface area contributed by atoms with Crippen LogP contribution >= 0.6 is 0 Å². The van der Waals surface area contributed by atoms with Crippen LogP contribution in [0.3, 0.4) is 0 Å². The molecule has 0 radical (unpaired) electrons. The number of benzene rings is 2. The molecule has 0 aliphatic heterocycles. The number of carbonyl (C=O) groups is 4. The SMILES string of the molecule is C=Cc1cc(C(=O)Cc2ccc(C(=N)N)cc2)c(-c2ccc(C(=O)NCC3CC3)nc2C(=O)OCCOC(=O)[C@@H](C)C(C)CC)cc1OC. The summed E-state index contributed by atoms with van der Waals surface area (Å²) in [5, 5.41) is 10.5. The van der Waals surface area contributed by atoms with Crippen LogP contribution in [-0.4, -0.2) is 61.3 Å². The predicted octanol–water partition coefficient (Wildman–Crippen LogP) is 5.63. The Kier molecular flexibility index (Phi) is 12.4. The number of hydrogen-bond donors (Lipinski definition) is 3. The van der Waals surface area contributed by atoms with E-state index in [1.165, 1.54) is 13.2 Å². The maximum atomic E-state index is 13.9. The number of esters is 2. The molecule has 2 atom stereocenters. The largest absolute Gasteiger partial charge is 0.496 e. The van der Waals surface area contributed by atoms with Crippen LogP contribution in [0.2, 0.25) is 0 Å². The number of ketones is 1. The Balaban J connectivity index is 1.69. The normalized spacial score (nSPS) is 13.5. The maximum Gasteiger partial charge on any atom is 0.357 e. The molecule has 3 aromatic rings. The lowest BCUT2D eigenvalue weighted by Gasteiger charge is -2.18. The fourth-order valence-corrected chi connectivity index (χ4v) is 5.14. The highest BCUT2D eigenvalue weighted by Gasteiger charge is 2.27. The van der Waals surface area contributed by atoms with Gasteiger partial charge in [0.1, 0.15) is 30.5 Å². The average Bonchev–Trinajstić information content (AvgIpc) is 3.95. The lowest BCUT2D eigenvalue weighted by molar-refractivity contribution is -0.150. The van der Waals surface area contributed by atoms with Crippen molar-refractivity contribution in [2.75, 3.05) is 26.9 Å².